The third-order valence-electron chi connectivity index (χ3n) is 2.25. The van der Waals surface area contributed by atoms with E-state index in [1.165, 1.54) is 6.08 Å². The molecule has 0 aliphatic carbocycles. The number of rotatable bonds is 6. The molecule has 0 aliphatic rings. The molecule has 3 N–H and O–H groups in total. The maximum atomic E-state index is 13.0. The molecule has 1 aromatic carbocycles. The van der Waals surface area contributed by atoms with Gasteiger partial charge in [-0.15, -0.1) is 12.4 Å². The van der Waals surface area contributed by atoms with Crippen molar-refractivity contribution in [2.75, 3.05) is 13.2 Å². The second-order valence-corrected chi connectivity index (χ2v) is 4.33. The van der Waals surface area contributed by atoms with Gasteiger partial charge in [-0.25, -0.2) is 4.39 Å². The van der Waals surface area contributed by atoms with Crippen molar-refractivity contribution in [3.05, 3.63) is 41.7 Å². The van der Waals surface area contributed by atoms with E-state index in [4.69, 9.17) is 10.5 Å². The lowest BCUT2D eigenvalue weighted by Crippen LogP contribution is -2.29. The third kappa shape index (κ3) is 6.54. The standard InChI is InChI=1S/C14H19FN2O2.ClH/c1-10(2)17-14(18)11-3-5-13(6-4-11)19-9-12(15)7-8-16;/h3-7,10H,8-9,16H2,1-2H3,(H,17,18);1H. The van der Waals surface area contributed by atoms with Gasteiger partial charge in [-0.2, -0.15) is 0 Å². The molecule has 0 aliphatic heterocycles. The fraction of sp³-hybridized carbons (Fsp3) is 0.357. The molecular formula is C14H20ClFN2O2. The first kappa shape index (κ1) is 18.4. The van der Waals surface area contributed by atoms with Crippen molar-refractivity contribution in [3.63, 3.8) is 0 Å². The normalized spacial score (nSPS) is 10.9. The fourth-order valence-electron chi connectivity index (χ4n) is 1.39. The highest BCUT2D eigenvalue weighted by molar-refractivity contribution is 5.94. The van der Waals surface area contributed by atoms with Gasteiger partial charge in [-0.05, 0) is 44.2 Å². The predicted octanol–water partition coefficient (Wildman–Crippen LogP) is 2.44. The summed E-state index contributed by atoms with van der Waals surface area (Å²) in [7, 11) is 0. The molecule has 0 saturated heterocycles. The van der Waals surface area contributed by atoms with Crippen molar-refractivity contribution < 1.29 is 13.9 Å². The van der Waals surface area contributed by atoms with Gasteiger partial charge in [0.1, 0.15) is 18.2 Å². The van der Waals surface area contributed by atoms with Gasteiger partial charge in [0.25, 0.3) is 5.91 Å². The largest absolute Gasteiger partial charge is 0.487 e. The number of halogens is 2. The van der Waals surface area contributed by atoms with Crippen molar-refractivity contribution in [2.24, 2.45) is 5.73 Å². The average molecular weight is 303 g/mol. The molecular weight excluding hydrogens is 283 g/mol. The Morgan fingerprint density at radius 3 is 2.50 bits per heavy atom. The van der Waals surface area contributed by atoms with Gasteiger partial charge >= 0.3 is 0 Å². The smallest absolute Gasteiger partial charge is 0.251 e. The Labute approximate surface area is 124 Å². The first-order valence-corrected chi connectivity index (χ1v) is 6.11. The fourth-order valence-corrected chi connectivity index (χ4v) is 1.39. The number of hydrogen-bond acceptors (Lipinski definition) is 3. The summed E-state index contributed by atoms with van der Waals surface area (Å²) in [4.78, 5) is 11.7. The maximum absolute atomic E-state index is 13.0. The Bertz CT molecular complexity index is 447. The molecule has 0 fully saturated rings. The molecule has 0 heterocycles. The van der Waals surface area contributed by atoms with Crippen LogP contribution < -0.4 is 15.8 Å². The van der Waals surface area contributed by atoms with Gasteiger partial charge in [-0.1, -0.05) is 0 Å². The minimum absolute atomic E-state index is 0. The molecule has 0 atom stereocenters. The second-order valence-electron chi connectivity index (χ2n) is 4.33. The minimum Gasteiger partial charge on any atom is -0.487 e. The van der Waals surface area contributed by atoms with Gasteiger partial charge in [0.2, 0.25) is 0 Å². The van der Waals surface area contributed by atoms with Crippen LogP contribution in [0, 0.1) is 0 Å². The summed E-state index contributed by atoms with van der Waals surface area (Å²) in [6.45, 7) is 3.77. The van der Waals surface area contributed by atoms with Crippen LogP contribution in [0.25, 0.3) is 0 Å². The Kier molecular flexibility index (Phi) is 8.59. The Balaban J connectivity index is 0.00000361. The van der Waals surface area contributed by atoms with Crippen LogP contribution in [0.2, 0.25) is 0 Å². The highest BCUT2D eigenvalue weighted by Crippen LogP contribution is 2.13. The molecule has 0 unspecified atom stereocenters. The van der Waals surface area contributed by atoms with Crippen LogP contribution in [0.1, 0.15) is 24.2 Å². The van der Waals surface area contributed by atoms with E-state index in [0.717, 1.165) is 0 Å². The number of nitrogens with one attached hydrogen (secondary N) is 1. The van der Waals surface area contributed by atoms with Crippen LogP contribution >= 0.6 is 12.4 Å². The molecule has 1 aromatic rings. The first-order valence-electron chi connectivity index (χ1n) is 6.11. The summed E-state index contributed by atoms with van der Waals surface area (Å²) in [6.07, 6.45) is 1.25. The maximum Gasteiger partial charge on any atom is 0.251 e. The highest BCUT2D eigenvalue weighted by Gasteiger charge is 2.06. The lowest BCUT2D eigenvalue weighted by Gasteiger charge is -2.09. The zero-order chi connectivity index (χ0) is 14.3. The Morgan fingerprint density at radius 1 is 1.40 bits per heavy atom. The number of carbonyl (C=O) groups excluding carboxylic acids is 1. The minimum atomic E-state index is -0.413. The zero-order valence-corrected chi connectivity index (χ0v) is 12.4. The van der Waals surface area contributed by atoms with E-state index in [1.807, 2.05) is 13.8 Å². The molecule has 6 heteroatoms. The predicted molar refractivity (Wildman–Crippen MR) is 80.0 cm³/mol. The zero-order valence-electron chi connectivity index (χ0n) is 11.6. The molecule has 20 heavy (non-hydrogen) atoms. The number of hydrogen-bond donors (Lipinski definition) is 2. The van der Waals surface area contributed by atoms with Crippen LogP contribution in [0.15, 0.2) is 36.2 Å². The van der Waals surface area contributed by atoms with Crippen LogP contribution in [-0.2, 0) is 0 Å². The highest BCUT2D eigenvalue weighted by atomic mass is 35.5. The monoisotopic (exact) mass is 302 g/mol. The molecule has 0 bridgehead atoms. The van der Waals surface area contributed by atoms with Gasteiger partial charge in [0.15, 0.2) is 0 Å². The number of carbonyl (C=O) groups is 1. The first-order chi connectivity index (χ1) is 9.02. The summed E-state index contributed by atoms with van der Waals surface area (Å²) in [5.41, 5.74) is 5.72. The quantitative estimate of drug-likeness (QED) is 0.848. The SMILES string of the molecule is CC(C)NC(=O)c1ccc(OCC(F)=CCN)cc1.Cl. The summed E-state index contributed by atoms with van der Waals surface area (Å²) in [6, 6.07) is 6.62. The summed E-state index contributed by atoms with van der Waals surface area (Å²) in [5, 5.41) is 2.78. The van der Waals surface area contributed by atoms with Gasteiger partial charge in [0, 0.05) is 18.2 Å². The summed E-state index contributed by atoms with van der Waals surface area (Å²) in [5.74, 6) is -0.0541. The van der Waals surface area contributed by atoms with Crippen molar-refractivity contribution in [1.29, 1.82) is 0 Å². The molecule has 4 nitrogen and oxygen atoms in total. The van der Waals surface area contributed by atoms with Crippen LogP contribution in [0.4, 0.5) is 4.39 Å². The summed E-state index contributed by atoms with van der Waals surface area (Å²) < 4.78 is 18.2. The van der Waals surface area contributed by atoms with E-state index < -0.39 is 5.83 Å². The van der Waals surface area contributed by atoms with Gasteiger partial charge in [-0.3, -0.25) is 4.79 Å². The molecule has 0 aromatic heterocycles. The molecule has 1 amide bonds. The van der Waals surface area contributed by atoms with Crippen LogP contribution in [-0.4, -0.2) is 25.1 Å². The van der Waals surface area contributed by atoms with E-state index in [0.29, 0.717) is 11.3 Å². The molecule has 1 rings (SSSR count). The van der Waals surface area contributed by atoms with Gasteiger partial charge in [0.05, 0.1) is 0 Å². The van der Waals surface area contributed by atoms with E-state index in [1.54, 1.807) is 24.3 Å². The Hall–Kier alpha value is -1.59. The second kappa shape index (κ2) is 9.34. The Morgan fingerprint density at radius 2 is 2.00 bits per heavy atom. The van der Waals surface area contributed by atoms with E-state index in [9.17, 15) is 9.18 Å². The van der Waals surface area contributed by atoms with Crippen molar-refractivity contribution in [2.45, 2.75) is 19.9 Å². The molecule has 0 spiro atoms. The number of benzene rings is 1. The van der Waals surface area contributed by atoms with E-state index >= 15 is 0 Å². The van der Waals surface area contributed by atoms with Crippen molar-refractivity contribution >= 4 is 18.3 Å². The van der Waals surface area contributed by atoms with E-state index in [-0.39, 0.29) is 37.5 Å². The molecule has 0 radical (unpaired) electrons. The number of nitrogens with two attached hydrogens (primary N) is 1. The van der Waals surface area contributed by atoms with Gasteiger partial charge < -0.3 is 15.8 Å². The lowest BCUT2D eigenvalue weighted by molar-refractivity contribution is 0.0943. The number of ether oxygens (including phenoxy) is 1. The molecule has 0 saturated carbocycles. The lowest BCUT2D eigenvalue weighted by atomic mass is 10.2. The van der Waals surface area contributed by atoms with E-state index in [2.05, 4.69) is 5.32 Å². The van der Waals surface area contributed by atoms with Crippen LogP contribution in [0.5, 0.6) is 5.75 Å². The average Bonchev–Trinajstić information content (AvgIpc) is 2.36. The topological polar surface area (TPSA) is 64.3 Å². The van der Waals surface area contributed by atoms with Crippen molar-refractivity contribution in [1.82, 2.24) is 5.32 Å². The third-order valence-corrected chi connectivity index (χ3v) is 2.25. The van der Waals surface area contributed by atoms with Crippen molar-refractivity contribution in [3.8, 4) is 5.75 Å². The van der Waals surface area contributed by atoms with Crippen LogP contribution in [0.3, 0.4) is 0 Å². The summed E-state index contributed by atoms with van der Waals surface area (Å²) >= 11 is 0. The number of amides is 1. The molecule has 112 valence electrons.